The van der Waals surface area contributed by atoms with E-state index in [1.165, 1.54) is 10.1 Å². The molecule has 16 heavy (non-hydrogen) atoms. The summed E-state index contributed by atoms with van der Waals surface area (Å²) in [4.78, 5) is 0. The van der Waals surface area contributed by atoms with E-state index in [4.69, 9.17) is 14.2 Å². The predicted octanol–water partition coefficient (Wildman–Crippen LogP) is 2.96. The minimum absolute atomic E-state index is 0.192. The highest BCUT2D eigenvalue weighted by Crippen LogP contribution is 2.35. The lowest BCUT2D eigenvalue weighted by atomic mass is 10.1. The number of rotatable bonds is 2. The fourth-order valence-corrected chi connectivity index (χ4v) is 2.87. The summed E-state index contributed by atoms with van der Waals surface area (Å²) in [5.74, 6) is 0.883. The van der Waals surface area contributed by atoms with Gasteiger partial charge in [-0.3, -0.25) is 0 Å². The van der Waals surface area contributed by atoms with Crippen LogP contribution in [0.15, 0.2) is 23.6 Å². The number of methoxy groups -OCH3 is 1. The molecule has 1 aliphatic heterocycles. The van der Waals surface area contributed by atoms with Crippen LogP contribution in [0.4, 0.5) is 0 Å². The molecule has 0 saturated carbocycles. The first-order valence-corrected chi connectivity index (χ1v) is 6.05. The highest BCUT2D eigenvalue weighted by atomic mass is 32.1. The van der Waals surface area contributed by atoms with Crippen molar-refractivity contribution in [3.05, 3.63) is 29.1 Å². The largest absolute Gasteiger partial charge is 0.497 e. The number of thiophene rings is 1. The quantitative estimate of drug-likeness (QED) is 0.802. The van der Waals surface area contributed by atoms with Crippen molar-refractivity contribution in [3.63, 3.8) is 0 Å². The molecular weight excluding hydrogens is 224 g/mol. The van der Waals surface area contributed by atoms with E-state index in [1.807, 2.05) is 12.1 Å². The van der Waals surface area contributed by atoms with Gasteiger partial charge in [0, 0.05) is 21.0 Å². The monoisotopic (exact) mass is 236 g/mol. The third kappa shape index (κ3) is 1.59. The van der Waals surface area contributed by atoms with E-state index in [2.05, 4.69) is 11.4 Å². The van der Waals surface area contributed by atoms with E-state index < -0.39 is 0 Å². The summed E-state index contributed by atoms with van der Waals surface area (Å²) in [5.41, 5.74) is 1.13. The molecule has 0 bridgehead atoms. The average molecular weight is 236 g/mol. The van der Waals surface area contributed by atoms with E-state index >= 15 is 0 Å². The van der Waals surface area contributed by atoms with Crippen molar-refractivity contribution in [1.29, 1.82) is 0 Å². The minimum atomic E-state index is -0.192. The molecule has 0 N–H and O–H groups in total. The van der Waals surface area contributed by atoms with E-state index in [-0.39, 0.29) is 6.29 Å². The van der Waals surface area contributed by atoms with Gasteiger partial charge in [0.2, 0.25) is 0 Å². The molecule has 3 nitrogen and oxygen atoms in total. The molecule has 0 spiro atoms. The van der Waals surface area contributed by atoms with Crippen LogP contribution in [0.5, 0.6) is 5.75 Å². The maximum absolute atomic E-state index is 5.52. The van der Waals surface area contributed by atoms with Crippen LogP contribution in [-0.4, -0.2) is 20.3 Å². The Kier molecular flexibility index (Phi) is 2.55. The van der Waals surface area contributed by atoms with Gasteiger partial charge in [-0.25, -0.2) is 0 Å². The Bertz CT molecular complexity index is 500. The van der Waals surface area contributed by atoms with Gasteiger partial charge >= 0.3 is 0 Å². The second-order valence-corrected chi connectivity index (χ2v) is 4.54. The fourth-order valence-electron chi connectivity index (χ4n) is 1.88. The molecule has 1 aromatic heterocycles. The summed E-state index contributed by atoms with van der Waals surface area (Å²) in [6.07, 6.45) is -0.192. The maximum Gasteiger partial charge on any atom is 0.185 e. The minimum Gasteiger partial charge on any atom is -0.497 e. The maximum atomic E-state index is 5.52. The summed E-state index contributed by atoms with van der Waals surface area (Å²) in [5, 5.41) is 3.29. The van der Waals surface area contributed by atoms with Gasteiger partial charge in [-0.2, -0.15) is 0 Å². The van der Waals surface area contributed by atoms with Crippen molar-refractivity contribution in [2.45, 2.75) is 6.29 Å². The van der Waals surface area contributed by atoms with E-state index in [9.17, 15) is 0 Å². The molecule has 3 rings (SSSR count). The lowest BCUT2D eigenvalue weighted by Gasteiger charge is -2.07. The van der Waals surface area contributed by atoms with E-state index in [1.54, 1.807) is 18.4 Å². The zero-order valence-corrected chi connectivity index (χ0v) is 9.75. The van der Waals surface area contributed by atoms with Gasteiger partial charge in [-0.1, -0.05) is 0 Å². The molecule has 1 fully saturated rings. The van der Waals surface area contributed by atoms with Gasteiger partial charge in [0.1, 0.15) is 5.75 Å². The van der Waals surface area contributed by atoms with Crippen molar-refractivity contribution in [2.24, 2.45) is 0 Å². The molecule has 2 heterocycles. The van der Waals surface area contributed by atoms with Gasteiger partial charge in [0.05, 0.1) is 20.3 Å². The summed E-state index contributed by atoms with van der Waals surface area (Å²) < 4.78 is 17.4. The van der Waals surface area contributed by atoms with E-state index in [0.29, 0.717) is 13.2 Å². The van der Waals surface area contributed by atoms with Crippen LogP contribution in [-0.2, 0) is 9.47 Å². The zero-order valence-electron chi connectivity index (χ0n) is 8.93. The lowest BCUT2D eigenvalue weighted by molar-refractivity contribution is -0.0427. The van der Waals surface area contributed by atoms with Crippen LogP contribution in [0.2, 0.25) is 0 Å². The SMILES string of the molecule is COc1ccc2c(C3OCCO3)csc2c1. The standard InChI is InChI=1S/C12H12O3S/c1-13-8-2-3-9-10(7-16-11(9)6-8)12-14-4-5-15-12/h2-3,6-7,12H,4-5H2,1H3. The lowest BCUT2D eigenvalue weighted by Crippen LogP contribution is -1.96. The molecule has 4 heteroatoms. The van der Waals surface area contributed by atoms with Crippen LogP contribution in [0.1, 0.15) is 11.9 Å². The first kappa shape index (κ1) is 10.1. The molecule has 1 saturated heterocycles. The van der Waals surface area contributed by atoms with Gasteiger partial charge in [0.25, 0.3) is 0 Å². The van der Waals surface area contributed by atoms with Gasteiger partial charge in [-0.15, -0.1) is 11.3 Å². The van der Waals surface area contributed by atoms with Gasteiger partial charge < -0.3 is 14.2 Å². The number of fused-ring (bicyclic) bond motifs is 1. The predicted molar refractivity (Wildman–Crippen MR) is 63.0 cm³/mol. The molecule has 1 aliphatic rings. The summed E-state index contributed by atoms with van der Waals surface area (Å²) in [6.45, 7) is 1.36. The molecule has 0 amide bonds. The molecule has 1 aromatic carbocycles. The highest BCUT2D eigenvalue weighted by molar-refractivity contribution is 7.17. The van der Waals surface area contributed by atoms with Gasteiger partial charge in [-0.05, 0) is 18.2 Å². The Labute approximate surface area is 97.5 Å². The number of ether oxygens (including phenoxy) is 3. The first-order chi connectivity index (χ1) is 7.88. The molecule has 84 valence electrons. The van der Waals surface area contributed by atoms with E-state index in [0.717, 1.165) is 11.3 Å². The third-order valence-electron chi connectivity index (χ3n) is 2.69. The summed E-state index contributed by atoms with van der Waals surface area (Å²) >= 11 is 1.69. The molecule has 0 radical (unpaired) electrons. The molecule has 2 aromatic rings. The van der Waals surface area contributed by atoms with Crippen molar-refractivity contribution >= 4 is 21.4 Å². The second kappa shape index (κ2) is 4.05. The highest BCUT2D eigenvalue weighted by Gasteiger charge is 2.21. The molecule has 0 unspecified atom stereocenters. The molecular formula is C12H12O3S. The smallest absolute Gasteiger partial charge is 0.185 e. The van der Waals surface area contributed by atoms with Crippen LogP contribution < -0.4 is 4.74 Å². The third-order valence-corrected chi connectivity index (χ3v) is 3.65. The Balaban J connectivity index is 2.06. The Morgan fingerprint density at radius 3 is 2.88 bits per heavy atom. The van der Waals surface area contributed by atoms with Crippen LogP contribution in [0, 0.1) is 0 Å². The van der Waals surface area contributed by atoms with Crippen LogP contribution in [0.3, 0.4) is 0 Å². The number of hydrogen-bond acceptors (Lipinski definition) is 4. The average Bonchev–Trinajstić information content (AvgIpc) is 2.96. The normalized spacial score (nSPS) is 17.1. The fraction of sp³-hybridized carbons (Fsp3) is 0.333. The molecule has 0 atom stereocenters. The van der Waals surface area contributed by atoms with Crippen LogP contribution in [0.25, 0.3) is 10.1 Å². The topological polar surface area (TPSA) is 27.7 Å². The van der Waals surface area contributed by atoms with Gasteiger partial charge in [0.15, 0.2) is 6.29 Å². The molecule has 0 aliphatic carbocycles. The van der Waals surface area contributed by atoms with Crippen molar-refractivity contribution < 1.29 is 14.2 Å². The summed E-state index contributed by atoms with van der Waals surface area (Å²) in [7, 11) is 1.68. The Morgan fingerprint density at radius 1 is 1.31 bits per heavy atom. The number of benzene rings is 1. The van der Waals surface area contributed by atoms with Crippen molar-refractivity contribution in [2.75, 3.05) is 20.3 Å². The first-order valence-electron chi connectivity index (χ1n) is 5.17. The Hall–Kier alpha value is -1.10. The number of hydrogen-bond donors (Lipinski definition) is 0. The summed E-state index contributed by atoms with van der Waals surface area (Å²) in [6, 6.07) is 6.07. The van der Waals surface area contributed by atoms with Crippen LogP contribution >= 0.6 is 11.3 Å². The Morgan fingerprint density at radius 2 is 2.12 bits per heavy atom. The zero-order chi connectivity index (χ0) is 11.0. The van der Waals surface area contributed by atoms with Crippen molar-refractivity contribution in [1.82, 2.24) is 0 Å². The van der Waals surface area contributed by atoms with Crippen molar-refractivity contribution in [3.8, 4) is 5.75 Å². The second-order valence-electron chi connectivity index (χ2n) is 3.63.